The molecule has 2 aromatic rings. The summed E-state index contributed by atoms with van der Waals surface area (Å²) in [6.07, 6.45) is -4.42. The maximum absolute atomic E-state index is 12.7. The standard InChI is InChI=1S/C14H9BrF3N3/c15-11-3-1-9(14(16,17)18)6-13(11)21-10-2-4-12(20)8(5-10)7-19/h1-6,21H,20H2. The fourth-order valence-corrected chi connectivity index (χ4v) is 2.03. The SMILES string of the molecule is N#Cc1cc(Nc2cc(C(F)(F)F)ccc2Br)ccc1N. The number of nitriles is 1. The van der Waals surface area contributed by atoms with Crippen molar-refractivity contribution in [3.63, 3.8) is 0 Å². The zero-order valence-corrected chi connectivity index (χ0v) is 12.1. The van der Waals surface area contributed by atoms with Gasteiger partial charge in [-0.25, -0.2) is 0 Å². The summed E-state index contributed by atoms with van der Waals surface area (Å²) in [5.41, 5.74) is 6.12. The molecule has 0 aliphatic carbocycles. The molecular formula is C14H9BrF3N3. The first-order valence-corrected chi connectivity index (χ1v) is 6.54. The minimum atomic E-state index is -4.42. The Morgan fingerprint density at radius 3 is 2.48 bits per heavy atom. The molecule has 0 amide bonds. The summed E-state index contributed by atoms with van der Waals surface area (Å²) in [6.45, 7) is 0. The number of nitrogen functional groups attached to an aromatic ring is 1. The number of alkyl halides is 3. The van der Waals surface area contributed by atoms with Crippen LogP contribution < -0.4 is 11.1 Å². The highest BCUT2D eigenvalue weighted by molar-refractivity contribution is 9.10. The molecule has 2 rings (SSSR count). The Balaban J connectivity index is 2.38. The van der Waals surface area contributed by atoms with Gasteiger partial charge in [0.05, 0.1) is 16.8 Å². The second kappa shape index (κ2) is 5.66. The largest absolute Gasteiger partial charge is 0.416 e. The fraction of sp³-hybridized carbons (Fsp3) is 0.0714. The van der Waals surface area contributed by atoms with Gasteiger partial charge in [-0.15, -0.1) is 0 Å². The molecular weight excluding hydrogens is 347 g/mol. The van der Waals surface area contributed by atoms with E-state index in [1.165, 1.54) is 18.2 Å². The molecule has 0 saturated carbocycles. The molecule has 0 aromatic heterocycles. The highest BCUT2D eigenvalue weighted by Crippen LogP contribution is 2.35. The van der Waals surface area contributed by atoms with Crippen molar-refractivity contribution in [2.24, 2.45) is 0 Å². The summed E-state index contributed by atoms with van der Waals surface area (Å²) in [4.78, 5) is 0. The Morgan fingerprint density at radius 1 is 1.14 bits per heavy atom. The van der Waals surface area contributed by atoms with Crippen molar-refractivity contribution >= 4 is 33.0 Å². The van der Waals surface area contributed by atoms with Gasteiger partial charge in [-0.3, -0.25) is 0 Å². The van der Waals surface area contributed by atoms with E-state index in [4.69, 9.17) is 11.0 Å². The normalized spacial score (nSPS) is 11.0. The molecule has 0 fully saturated rings. The Kier molecular flexibility index (Phi) is 4.09. The quantitative estimate of drug-likeness (QED) is 0.769. The van der Waals surface area contributed by atoms with Crippen molar-refractivity contribution < 1.29 is 13.2 Å². The number of halogens is 4. The predicted molar refractivity (Wildman–Crippen MR) is 78.0 cm³/mol. The number of benzene rings is 2. The Hall–Kier alpha value is -2.20. The average Bonchev–Trinajstić information content (AvgIpc) is 2.42. The summed E-state index contributed by atoms with van der Waals surface area (Å²) in [5, 5.41) is 11.7. The first kappa shape index (κ1) is 15.2. The van der Waals surface area contributed by atoms with Crippen LogP contribution in [0.2, 0.25) is 0 Å². The topological polar surface area (TPSA) is 61.8 Å². The van der Waals surface area contributed by atoms with E-state index in [2.05, 4.69) is 21.2 Å². The van der Waals surface area contributed by atoms with E-state index in [1.54, 1.807) is 6.07 Å². The van der Waals surface area contributed by atoms with E-state index in [9.17, 15) is 13.2 Å². The van der Waals surface area contributed by atoms with Gasteiger partial charge in [-0.1, -0.05) is 0 Å². The first-order valence-electron chi connectivity index (χ1n) is 5.74. The van der Waals surface area contributed by atoms with Crippen molar-refractivity contribution in [2.75, 3.05) is 11.1 Å². The van der Waals surface area contributed by atoms with Gasteiger partial charge >= 0.3 is 6.18 Å². The lowest BCUT2D eigenvalue weighted by Gasteiger charge is -2.13. The number of hydrogen-bond acceptors (Lipinski definition) is 3. The summed E-state index contributed by atoms with van der Waals surface area (Å²) in [5.74, 6) is 0. The molecule has 0 bridgehead atoms. The molecule has 0 saturated heterocycles. The maximum atomic E-state index is 12.7. The van der Waals surface area contributed by atoms with E-state index in [0.29, 0.717) is 15.8 Å². The van der Waals surface area contributed by atoms with Crippen molar-refractivity contribution in [3.8, 4) is 6.07 Å². The Labute approximate surface area is 127 Å². The number of hydrogen-bond donors (Lipinski definition) is 2. The van der Waals surface area contributed by atoms with E-state index in [0.717, 1.165) is 12.1 Å². The lowest BCUT2D eigenvalue weighted by atomic mass is 10.1. The fourth-order valence-electron chi connectivity index (χ4n) is 1.68. The number of nitrogens with two attached hydrogens (primary N) is 1. The van der Waals surface area contributed by atoms with Gasteiger partial charge in [0, 0.05) is 15.8 Å². The highest BCUT2D eigenvalue weighted by Gasteiger charge is 2.30. The third-order valence-corrected chi connectivity index (χ3v) is 3.44. The molecule has 3 N–H and O–H groups in total. The monoisotopic (exact) mass is 355 g/mol. The van der Waals surface area contributed by atoms with Crippen LogP contribution in [0.15, 0.2) is 40.9 Å². The minimum Gasteiger partial charge on any atom is -0.398 e. The van der Waals surface area contributed by atoms with Crippen molar-refractivity contribution in [1.82, 2.24) is 0 Å². The zero-order chi connectivity index (χ0) is 15.6. The Morgan fingerprint density at radius 2 is 1.86 bits per heavy atom. The summed E-state index contributed by atoms with van der Waals surface area (Å²) in [7, 11) is 0. The lowest BCUT2D eigenvalue weighted by molar-refractivity contribution is -0.137. The van der Waals surface area contributed by atoms with Gasteiger partial charge in [-0.2, -0.15) is 18.4 Å². The second-order valence-electron chi connectivity index (χ2n) is 4.23. The van der Waals surface area contributed by atoms with E-state index < -0.39 is 11.7 Å². The summed E-state index contributed by atoms with van der Waals surface area (Å²) >= 11 is 3.19. The minimum absolute atomic E-state index is 0.249. The zero-order valence-electron chi connectivity index (χ0n) is 10.5. The maximum Gasteiger partial charge on any atom is 0.416 e. The summed E-state index contributed by atoms with van der Waals surface area (Å²) < 4.78 is 38.6. The van der Waals surface area contributed by atoms with Crippen LogP contribution in [0, 0.1) is 11.3 Å². The molecule has 0 spiro atoms. The molecule has 0 heterocycles. The molecule has 0 radical (unpaired) electrons. The smallest absolute Gasteiger partial charge is 0.398 e. The van der Waals surface area contributed by atoms with Crippen LogP contribution in [0.25, 0.3) is 0 Å². The van der Waals surface area contributed by atoms with Gasteiger partial charge < -0.3 is 11.1 Å². The molecule has 108 valence electrons. The van der Waals surface area contributed by atoms with Crippen molar-refractivity contribution in [3.05, 3.63) is 52.0 Å². The molecule has 0 aliphatic rings. The van der Waals surface area contributed by atoms with Crippen molar-refractivity contribution in [1.29, 1.82) is 5.26 Å². The van der Waals surface area contributed by atoms with Crippen LogP contribution >= 0.6 is 15.9 Å². The predicted octanol–water partition coefficient (Wildman–Crippen LogP) is 4.67. The molecule has 2 aromatic carbocycles. The van der Waals surface area contributed by atoms with E-state index in [-0.39, 0.29) is 11.3 Å². The second-order valence-corrected chi connectivity index (χ2v) is 5.09. The highest BCUT2D eigenvalue weighted by atomic mass is 79.9. The number of rotatable bonds is 2. The molecule has 21 heavy (non-hydrogen) atoms. The molecule has 7 heteroatoms. The van der Waals surface area contributed by atoms with Crippen molar-refractivity contribution in [2.45, 2.75) is 6.18 Å². The first-order chi connectivity index (χ1) is 9.81. The number of nitrogens with zero attached hydrogens (tertiary/aromatic N) is 1. The van der Waals surface area contributed by atoms with E-state index in [1.807, 2.05) is 6.07 Å². The van der Waals surface area contributed by atoms with E-state index >= 15 is 0 Å². The van der Waals surface area contributed by atoms with Crippen LogP contribution in [-0.2, 0) is 6.18 Å². The van der Waals surface area contributed by atoms with Crippen LogP contribution in [0.3, 0.4) is 0 Å². The van der Waals surface area contributed by atoms with Crippen LogP contribution in [0.1, 0.15) is 11.1 Å². The molecule has 0 aliphatic heterocycles. The molecule has 0 unspecified atom stereocenters. The number of nitrogens with one attached hydrogen (secondary N) is 1. The number of anilines is 3. The van der Waals surface area contributed by atoms with Gasteiger partial charge in [0.25, 0.3) is 0 Å². The van der Waals surface area contributed by atoms with Crippen LogP contribution in [0.5, 0.6) is 0 Å². The third-order valence-electron chi connectivity index (χ3n) is 2.75. The van der Waals surface area contributed by atoms with Gasteiger partial charge in [0.2, 0.25) is 0 Å². The molecule has 3 nitrogen and oxygen atoms in total. The van der Waals surface area contributed by atoms with Crippen LogP contribution in [0.4, 0.5) is 30.2 Å². The van der Waals surface area contributed by atoms with Gasteiger partial charge in [0.1, 0.15) is 6.07 Å². The lowest BCUT2D eigenvalue weighted by Crippen LogP contribution is -2.05. The third kappa shape index (κ3) is 3.47. The van der Waals surface area contributed by atoms with Gasteiger partial charge in [-0.05, 0) is 52.3 Å². The van der Waals surface area contributed by atoms with Crippen LogP contribution in [-0.4, -0.2) is 0 Å². The Bertz CT molecular complexity index is 720. The summed E-state index contributed by atoms with van der Waals surface area (Å²) in [6, 6.07) is 9.78. The van der Waals surface area contributed by atoms with Gasteiger partial charge in [0.15, 0.2) is 0 Å². The molecule has 0 atom stereocenters. The average molecular weight is 356 g/mol.